The van der Waals surface area contributed by atoms with Gasteiger partial charge in [-0.15, -0.1) is 15.3 Å². The number of hydrogen-bond donors (Lipinski definition) is 0. The number of nitro groups is 1. The van der Waals surface area contributed by atoms with E-state index in [0.29, 0.717) is 42.6 Å². The molecule has 0 spiro atoms. The molecule has 6 aromatic rings. The molecule has 17 nitrogen and oxygen atoms in total. The van der Waals surface area contributed by atoms with Gasteiger partial charge in [-0.3, -0.25) is 10.1 Å². The van der Waals surface area contributed by atoms with E-state index in [9.17, 15) is 15.4 Å². The number of azo groups is 2. The van der Waals surface area contributed by atoms with Crippen LogP contribution in [0.2, 0.25) is 0 Å². The zero-order chi connectivity index (χ0) is 52.3. The quantitative estimate of drug-likeness (QED) is 0.0119. The van der Waals surface area contributed by atoms with E-state index >= 15 is 0 Å². The molecule has 382 valence electrons. The van der Waals surface area contributed by atoms with Crippen LogP contribution in [0.5, 0.6) is 23.0 Å². The van der Waals surface area contributed by atoms with E-state index in [1.54, 1.807) is 45.4 Å². The Balaban J connectivity index is 1.31. The Morgan fingerprint density at radius 2 is 1.15 bits per heavy atom. The average Bonchev–Trinajstić information content (AvgIpc) is 3.40. The van der Waals surface area contributed by atoms with Gasteiger partial charge < -0.3 is 37.6 Å². The van der Waals surface area contributed by atoms with E-state index in [0.717, 1.165) is 39.4 Å². The van der Waals surface area contributed by atoms with Crippen LogP contribution in [-0.4, -0.2) is 83.0 Å². The molecule has 6 rings (SSSR count). The van der Waals surface area contributed by atoms with Crippen molar-refractivity contribution in [2.24, 2.45) is 20.5 Å². The Morgan fingerprint density at radius 3 is 1.67 bits per heavy atom. The van der Waals surface area contributed by atoms with Gasteiger partial charge in [-0.1, -0.05) is 60.7 Å². The van der Waals surface area contributed by atoms with Gasteiger partial charge in [0.05, 0.1) is 71.4 Å². The fraction of sp³-hybridized carbons (Fsp3) is 0.327. The smallest absolute Gasteiger partial charge is 0.296 e. The van der Waals surface area contributed by atoms with Crippen LogP contribution in [0.15, 0.2) is 154 Å². The zero-order valence-corrected chi connectivity index (χ0v) is 43.7. The summed E-state index contributed by atoms with van der Waals surface area (Å²) in [6.07, 6.45) is 0.256. The summed E-state index contributed by atoms with van der Waals surface area (Å²) >= 11 is 0. The maximum absolute atomic E-state index is 11.7. The molecule has 0 N–H and O–H groups in total. The second-order valence-electron chi connectivity index (χ2n) is 17.1. The van der Waals surface area contributed by atoms with Crippen molar-refractivity contribution in [3.05, 3.63) is 166 Å². The summed E-state index contributed by atoms with van der Waals surface area (Å²) in [4.78, 5) is 13.4. The van der Waals surface area contributed by atoms with Crippen molar-refractivity contribution in [1.82, 2.24) is 4.67 Å². The molecule has 1 unspecified atom stereocenters. The lowest BCUT2D eigenvalue weighted by atomic mass is 9.80. The number of anilines is 1. The zero-order valence-electron chi connectivity index (χ0n) is 42.8. The van der Waals surface area contributed by atoms with Gasteiger partial charge in [0.2, 0.25) is 0 Å². The summed E-state index contributed by atoms with van der Waals surface area (Å²) in [6, 6.07) is 44.1. The first kappa shape index (κ1) is 55.0. The highest BCUT2D eigenvalue weighted by Crippen LogP contribution is 2.47. The third-order valence-electron chi connectivity index (χ3n) is 11.6. The number of aryl methyl sites for hydroxylation is 1. The molecule has 0 saturated heterocycles. The Hall–Kier alpha value is -7.32. The van der Waals surface area contributed by atoms with E-state index in [2.05, 4.69) is 75.9 Å². The van der Waals surface area contributed by atoms with Crippen molar-refractivity contribution in [3.8, 4) is 29.1 Å². The first-order valence-corrected chi connectivity index (χ1v) is 24.9. The van der Waals surface area contributed by atoms with Crippen LogP contribution in [0.3, 0.4) is 0 Å². The summed E-state index contributed by atoms with van der Waals surface area (Å²) in [6.45, 7) is 12.0. The molecule has 73 heavy (non-hydrogen) atoms. The van der Waals surface area contributed by atoms with E-state index in [-0.39, 0.29) is 48.8 Å². The van der Waals surface area contributed by atoms with Crippen LogP contribution in [0, 0.1) is 28.4 Å². The molecule has 0 bridgehead atoms. The molecular formula is C55H63N8O9P. The fourth-order valence-electron chi connectivity index (χ4n) is 8.13. The molecule has 1 atom stereocenters. The second-order valence-corrected chi connectivity index (χ2v) is 18.5. The number of hydrogen-bond acceptors (Lipinski definition) is 16. The molecule has 0 aromatic heterocycles. The fourth-order valence-corrected chi connectivity index (χ4v) is 9.71. The lowest BCUT2D eigenvalue weighted by Gasteiger charge is -2.37. The topological polar surface area (TPSA) is 187 Å². The highest BCUT2D eigenvalue weighted by atomic mass is 31.2. The van der Waals surface area contributed by atoms with Crippen molar-refractivity contribution in [3.63, 3.8) is 0 Å². The number of benzene rings is 6. The number of methoxy groups -OCH3 is 4. The number of nitro benzene ring substituents is 1. The maximum atomic E-state index is 11.7. The second kappa shape index (κ2) is 26.9. The molecule has 0 aliphatic carbocycles. The van der Waals surface area contributed by atoms with E-state index in [1.165, 1.54) is 20.3 Å². The van der Waals surface area contributed by atoms with Gasteiger partial charge in [-0.2, -0.15) is 10.4 Å². The standard InChI is InChI=1S/C55H63N8O9P/c1-39(2)62(40(3)4)73(71-33-13-30-56)72-35-32-61(31-34-70-55(42-14-11-10-12-15-42,43-17-25-47(66-6)26-18-43)44-19-27-48(67-7)28-20-44)46-23-21-45(22-24-46)57-59-50-37-54(69-9)51(38-53(50)68-8)60-58-49-29-16-41(5)36-52(49)63(64)65/h10-12,14-29,36-40H,13,31-35H2,1-9H3. The van der Waals surface area contributed by atoms with Gasteiger partial charge in [0, 0.05) is 49.1 Å². The predicted octanol–water partition coefficient (Wildman–Crippen LogP) is 13.9. The minimum absolute atomic E-state index is 0.0971. The van der Waals surface area contributed by atoms with Gasteiger partial charge in [0.1, 0.15) is 40.0 Å². The molecular weight excluding hydrogens is 948 g/mol. The number of nitrogens with zero attached hydrogens (tertiary/aromatic N) is 8. The normalized spacial score (nSPS) is 12.2. The minimum Gasteiger partial charge on any atom is -0.497 e. The van der Waals surface area contributed by atoms with Crippen LogP contribution in [0.25, 0.3) is 0 Å². The monoisotopic (exact) mass is 1010 g/mol. The highest BCUT2D eigenvalue weighted by Gasteiger charge is 2.38. The summed E-state index contributed by atoms with van der Waals surface area (Å²) in [5.41, 5.74) is 4.49. The van der Waals surface area contributed by atoms with Crippen LogP contribution in [0.1, 0.15) is 56.4 Å². The van der Waals surface area contributed by atoms with Crippen molar-refractivity contribution in [1.29, 1.82) is 5.26 Å². The molecule has 0 heterocycles. The lowest BCUT2D eigenvalue weighted by Crippen LogP contribution is -2.38. The van der Waals surface area contributed by atoms with Gasteiger partial charge in [0.15, 0.2) is 5.69 Å². The SMILES string of the molecule is COc1ccc(C(OCCN(CCOP(OCCC#N)N(C(C)C)C(C)C)c2ccc(N=Nc3cc(OC)c(N=Nc4ccc(C)cc4[N+](=O)[O-])cc3OC)cc2)(c2ccccc2)c2ccc(OC)cc2)cc1. The molecule has 18 heteroatoms. The molecule has 0 aliphatic heterocycles. The first-order valence-electron chi connectivity index (χ1n) is 23.7. The van der Waals surface area contributed by atoms with Crippen molar-refractivity contribution in [2.75, 3.05) is 66.2 Å². The Kier molecular flexibility index (Phi) is 20.3. The number of nitriles is 1. The van der Waals surface area contributed by atoms with Gasteiger partial charge in [-0.05, 0) is 111 Å². The Bertz CT molecular complexity index is 2750. The summed E-state index contributed by atoms with van der Waals surface area (Å²) in [7, 11) is 4.78. The van der Waals surface area contributed by atoms with E-state index < -0.39 is 19.1 Å². The molecule has 0 fully saturated rings. The highest BCUT2D eigenvalue weighted by molar-refractivity contribution is 7.44. The van der Waals surface area contributed by atoms with Gasteiger partial charge in [-0.25, -0.2) is 4.67 Å². The van der Waals surface area contributed by atoms with Crippen LogP contribution in [0.4, 0.5) is 34.1 Å². The average molecular weight is 1010 g/mol. The third-order valence-corrected chi connectivity index (χ3v) is 13.7. The third kappa shape index (κ3) is 14.2. The number of rotatable bonds is 27. The van der Waals surface area contributed by atoms with Crippen molar-refractivity contribution < 1.29 is 37.7 Å². The van der Waals surface area contributed by atoms with Crippen molar-refractivity contribution >= 4 is 42.7 Å². The summed E-state index contributed by atoms with van der Waals surface area (Å²) in [5, 5.41) is 38.5. The Morgan fingerprint density at radius 1 is 0.630 bits per heavy atom. The molecule has 6 aromatic carbocycles. The molecule has 0 saturated carbocycles. The van der Waals surface area contributed by atoms with Crippen molar-refractivity contribution in [2.45, 2.75) is 58.7 Å². The van der Waals surface area contributed by atoms with E-state index in [4.69, 9.17) is 32.7 Å². The molecule has 0 amide bonds. The van der Waals surface area contributed by atoms with Crippen LogP contribution in [-0.2, 0) is 19.4 Å². The van der Waals surface area contributed by atoms with Gasteiger partial charge in [0.25, 0.3) is 14.2 Å². The summed E-state index contributed by atoms with van der Waals surface area (Å²) < 4.78 is 44.7. The van der Waals surface area contributed by atoms with Crippen LogP contribution < -0.4 is 23.8 Å². The Labute approximate surface area is 429 Å². The first-order chi connectivity index (χ1) is 35.3. The van der Waals surface area contributed by atoms with Crippen LogP contribution >= 0.6 is 8.53 Å². The van der Waals surface area contributed by atoms with Gasteiger partial charge >= 0.3 is 0 Å². The maximum Gasteiger partial charge on any atom is 0.296 e. The minimum atomic E-state index is -1.48. The molecule has 0 radical (unpaired) electrons. The number of ether oxygens (including phenoxy) is 5. The lowest BCUT2D eigenvalue weighted by molar-refractivity contribution is -0.384. The predicted molar refractivity (Wildman–Crippen MR) is 284 cm³/mol. The van der Waals surface area contributed by atoms with E-state index in [1.807, 2.05) is 91.0 Å². The molecule has 0 aliphatic rings. The largest absolute Gasteiger partial charge is 0.497 e. The summed E-state index contributed by atoms with van der Waals surface area (Å²) in [5.74, 6) is 2.10.